The van der Waals surface area contributed by atoms with E-state index in [-0.39, 0.29) is 35.3 Å². The maximum Gasteiger partial charge on any atom is 0.417 e. The van der Waals surface area contributed by atoms with Gasteiger partial charge in [-0.1, -0.05) is 6.07 Å². The maximum absolute atomic E-state index is 13.3. The number of benzene rings is 1. The second-order valence-electron chi connectivity index (χ2n) is 5.77. The summed E-state index contributed by atoms with van der Waals surface area (Å²) in [7, 11) is -2.81. The molecular formula is C15H13F3N2O4S. The molecule has 1 aromatic carbocycles. The fourth-order valence-electron chi connectivity index (χ4n) is 3.00. The van der Waals surface area contributed by atoms with E-state index < -0.39 is 37.5 Å². The molecule has 2 aromatic rings. The van der Waals surface area contributed by atoms with Gasteiger partial charge in [0.2, 0.25) is 0 Å². The van der Waals surface area contributed by atoms with Crippen molar-refractivity contribution in [3.63, 3.8) is 0 Å². The summed E-state index contributed by atoms with van der Waals surface area (Å²) in [5.74, 6) is -0.389. The smallest absolute Gasteiger partial charge is 0.302 e. The first-order valence-electron chi connectivity index (χ1n) is 7.29. The topological polar surface area (TPSA) is 89.0 Å². The molecule has 6 nitrogen and oxygen atoms in total. The zero-order valence-corrected chi connectivity index (χ0v) is 13.8. The van der Waals surface area contributed by atoms with Crippen molar-refractivity contribution in [1.82, 2.24) is 9.78 Å². The van der Waals surface area contributed by atoms with Crippen LogP contribution in [0.3, 0.4) is 0 Å². The van der Waals surface area contributed by atoms with E-state index in [1.165, 1.54) is 13.2 Å². The summed E-state index contributed by atoms with van der Waals surface area (Å²) >= 11 is 0. The van der Waals surface area contributed by atoms with Crippen molar-refractivity contribution >= 4 is 9.84 Å². The van der Waals surface area contributed by atoms with Crippen LogP contribution in [0.2, 0.25) is 0 Å². The van der Waals surface area contributed by atoms with Crippen molar-refractivity contribution in [2.45, 2.75) is 23.9 Å². The van der Waals surface area contributed by atoms with E-state index in [1.807, 2.05) is 0 Å². The van der Waals surface area contributed by atoms with Gasteiger partial charge in [-0.3, -0.25) is 14.3 Å². The molecule has 1 aliphatic rings. The quantitative estimate of drug-likeness (QED) is 0.766. The Kier molecular flexibility index (Phi) is 3.90. The number of alkyl halides is 3. The lowest BCUT2D eigenvalue weighted by atomic mass is 9.95. The molecule has 0 unspecified atom stereocenters. The van der Waals surface area contributed by atoms with Crippen molar-refractivity contribution in [2.24, 2.45) is 7.05 Å². The molecule has 0 amide bonds. The minimum absolute atomic E-state index is 0.0326. The van der Waals surface area contributed by atoms with Crippen LogP contribution >= 0.6 is 0 Å². The average Bonchev–Trinajstić information content (AvgIpc) is 2.51. The Morgan fingerprint density at radius 3 is 2.48 bits per heavy atom. The molecule has 3 rings (SSSR count). The van der Waals surface area contributed by atoms with Crippen LogP contribution in [0.1, 0.15) is 17.5 Å². The molecule has 0 spiro atoms. The number of hydrogen-bond donors (Lipinski definition) is 1. The zero-order chi connectivity index (χ0) is 18.6. The molecule has 10 heteroatoms. The summed E-state index contributed by atoms with van der Waals surface area (Å²) in [5.41, 5.74) is -3.22. The molecule has 1 aromatic heterocycles. The minimum atomic E-state index is -4.84. The van der Waals surface area contributed by atoms with Gasteiger partial charge in [-0.2, -0.15) is 13.2 Å². The van der Waals surface area contributed by atoms with Gasteiger partial charge in [0.25, 0.3) is 5.43 Å². The average molecular weight is 374 g/mol. The van der Waals surface area contributed by atoms with Gasteiger partial charge in [-0.15, -0.1) is 0 Å². The number of H-pyrrole nitrogens is 1. The molecule has 2 heterocycles. The minimum Gasteiger partial charge on any atom is -0.302 e. The highest BCUT2D eigenvalue weighted by Crippen LogP contribution is 2.41. The summed E-state index contributed by atoms with van der Waals surface area (Å²) in [4.78, 5) is 23.2. The largest absolute Gasteiger partial charge is 0.417 e. The second kappa shape index (κ2) is 5.58. The highest BCUT2D eigenvalue weighted by Gasteiger charge is 2.40. The molecule has 0 saturated heterocycles. The fraction of sp³-hybridized carbons (Fsp3) is 0.333. The van der Waals surface area contributed by atoms with Crippen LogP contribution in [-0.2, 0) is 29.5 Å². The third-order valence-electron chi connectivity index (χ3n) is 4.15. The normalized spacial score (nSPS) is 16.5. The van der Waals surface area contributed by atoms with Gasteiger partial charge < -0.3 is 5.10 Å². The van der Waals surface area contributed by atoms with E-state index in [0.717, 1.165) is 10.7 Å². The Morgan fingerprint density at radius 2 is 1.84 bits per heavy atom. The van der Waals surface area contributed by atoms with E-state index >= 15 is 0 Å². The number of aromatic nitrogens is 2. The van der Waals surface area contributed by atoms with Crippen molar-refractivity contribution in [2.75, 3.05) is 5.75 Å². The predicted octanol–water partition coefficient (Wildman–Crippen LogP) is 1.48. The lowest BCUT2D eigenvalue weighted by Gasteiger charge is -2.23. The van der Waals surface area contributed by atoms with E-state index in [1.54, 1.807) is 0 Å². The van der Waals surface area contributed by atoms with E-state index in [2.05, 4.69) is 5.10 Å². The van der Waals surface area contributed by atoms with E-state index in [4.69, 9.17) is 0 Å². The first-order valence-corrected chi connectivity index (χ1v) is 8.94. The highest BCUT2D eigenvalue weighted by atomic mass is 32.2. The number of sulfone groups is 1. The number of fused-ring (bicyclic) bond motifs is 1. The molecule has 0 fully saturated rings. The van der Waals surface area contributed by atoms with Gasteiger partial charge in [0.1, 0.15) is 0 Å². The van der Waals surface area contributed by atoms with Gasteiger partial charge in [0.15, 0.2) is 9.84 Å². The van der Waals surface area contributed by atoms with Crippen LogP contribution in [0.5, 0.6) is 0 Å². The molecule has 134 valence electrons. The summed E-state index contributed by atoms with van der Waals surface area (Å²) in [6.45, 7) is 0. The highest BCUT2D eigenvalue weighted by molar-refractivity contribution is 7.91. The summed E-state index contributed by atoms with van der Waals surface area (Å²) in [5, 5.41) is 2.51. The molecule has 25 heavy (non-hydrogen) atoms. The van der Waals surface area contributed by atoms with Gasteiger partial charge in [0.05, 0.1) is 21.8 Å². The Labute approximate surface area is 139 Å². The van der Waals surface area contributed by atoms with Gasteiger partial charge in [-0.05, 0) is 30.0 Å². The molecule has 0 bridgehead atoms. The number of nitrogens with one attached hydrogen (secondary N) is 1. The number of nitrogens with zero attached hydrogens (tertiary/aromatic N) is 1. The zero-order valence-electron chi connectivity index (χ0n) is 13.0. The first kappa shape index (κ1) is 17.5. The molecule has 1 N–H and O–H groups in total. The van der Waals surface area contributed by atoms with Gasteiger partial charge >= 0.3 is 11.7 Å². The Hall–Kier alpha value is -2.36. The predicted molar refractivity (Wildman–Crippen MR) is 83.1 cm³/mol. The van der Waals surface area contributed by atoms with Crippen LogP contribution < -0.4 is 11.0 Å². The van der Waals surface area contributed by atoms with Gasteiger partial charge in [0, 0.05) is 13.2 Å². The lowest BCUT2D eigenvalue weighted by molar-refractivity contribution is -0.140. The molecule has 1 aliphatic heterocycles. The Bertz CT molecular complexity index is 1080. The summed E-state index contributed by atoms with van der Waals surface area (Å²) < 4.78 is 65.3. The lowest BCUT2D eigenvalue weighted by Crippen LogP contribution is -2.35. The number of halogens is 3. The van der Waals surface area contributed by atoms with Crippen molar-refractivity contribution < 1.29 is 21.6 Å². The van der Waals surface area contributed by atoms with Crippen LogP contribution in [0, 0.1) is 0 Å². The number of hydrogen-bond acceptors (Lipinski definition) is 4. The Balaban J connectivity index is 2.42. The molecule has 0 atom stereocenters. The maximum atomic E-state index is 13.3. The standard InChI is InChI=1S/C15H13F3N2O4S/c1-20-14(22)12(21)10(7-19-20)8-4-5-11(15(16,17)18)13-9(8)3-2-6-25(13,23)24/h4-5,7,19H,2-3,6H2,1H3. The fourth-order valence-corrected chi connectivity index (χ4v) is 4.84. The van der Waals surface area contributed by atoms with Gasteiger partial charge in [-0.25, -0.2) is 8.42 Å². The van der Waals surface area contributed by atoms with Crippen LogP contribution in [0.4, 0.5) is 13.2 Å². The Morgan fingerprint density at radius 1 is 1.16 bits per heavy atom. The molecule has 0 aliphatic carbocycles. The van der Waals surface area contributed by atoms with Crippen LogP contribution in [-0.4, -0.2) is 24.0 Å². The van der Waals surface area contributed by atoms with Crippen LogP contribution in [0.15, 0.2) is 32.8 Å². The van der Waals surface area contributed by atoms with Crippen molar-refractivity contribution in [3.05, 3.63) is 50.0 Å². The molecular weight excluding hydrogens is 361 g/mol. The third kappa shape index (κ3) is 2.80. The van der Waals surface area contributed by atoms with Crippen molar-refractivity contribution in [1.29, 1.82) is 0 Å². The molecule has 0 radical (unpaired) electrons. The third-order valence-corrected chi connectivity index (χ3v) is 6.07. The SMILES string of the molecule is Cn1[nH]cc(-c2ccc(C(F)(F)F)c3c2CCCS3(=O)=O)c(=O)c1=O. The van der Waals surface area contributed by atoms with E-state index in [0.29, 0.717) is 6.07 Å². The second-order valence-corrected chi connectivity index (χ2v) is 7.81. The summed E-state index contributed by atoms with van der Waals surface area (Å²) in [6, 6.07) is 1.69. The van der Waals surface area contributed by atoms with E-state index in [9.17, 15) is 31.2 Å². The van der Waals surface area contributed by atoms with Crippen LogP contribution in [0.25, 0.3) is 11.1 Å². The number of aromatic amines is 1. The monoisotopic (exact) mass is 374 g/mol. The van der Waals surface area contributed by atoms with Crippen molar-refractivity contribution in [3.8, 4) is 11.1 Å². The summed E-state index contributed by atoms with van der Waals surface area (Å²) in [6.07, 6.45) is -3.44. The number of aryl methyl sites for hydroxylation is 1. The number of rotatable bonds is 1. The molecule has 0 saturated carbocycles. The first-order chi connectivity index (χ1) is 11.5.